The molecule has 1 aromatic heterocycles. The molecule has 23 heavy (non-hydrogen) atoms. The summed E-state index contributed by atoms with van der Waals surface area (Å²) in [5.41, 5.74) is 6.14. The van der Waals surface area contributed by atoms with Crippen molar-refractivity contribution in [2.45, 2.75) is 13.0 Å². The lowest BCUT2D eigenvalue weighted by atomic mass is 9.94. The highest BCUT2D eigenvalue weighted by Gasteiger charge is 2.23. The molecule has 0 saturated carbocycles. The van der Waals surface area contributed by atoms with Crippen LogP contribution in [0.4, 0.5) is 0 Å². The molecule has 1 fully saturated rings. The molecule has 120 valence electrons. The van der Waals surface area contributed by atoms with Crippen molar-refractivity contribution in [2.75, 3.05) is 32.8 Å². The number of aliphatic imine (C=N–C) groups is 1. The zero-order valence-electron chi connectivity index (χ0n) is 13.5. The molecule has 2 aliphatic rings. The second-order valence-electron chi connectivity index (χ2n) is 6.17. The van der Waals surface area contributed by atoms with Gasteiger partial charge in [0, 0.05) is 44.4 Å². The summed E-state index contributed by atoms with van der Waals surface area (Å²) in [5, 5.41) is 4.51. The van der Waals surface area contributed by atoms with Gasteiger partial charge in [0.25, 0.3) is 0 Å². The Morgan fingerprint density at radius 2 is 2.00 bits per heavy atom. The standard InChI is InChI=1S/C18H22N4O/c1-21-18(15(12-20-21)13-22-8-10-23-11-9-22)17-16-5-3-2-4-14(16)6-7-19-17/h2-5,12H,6-11,13H2,1H3. The van der Waals surface area contributed by atoms with Gasteiger partial charge >= 0.3 is 0 Å². The van der Waals surface area contributed by atoms with Gasteiger partial charge in [-0.05, 0) is 12.0 Å². The zero-order valence-corrected chi connectivity index (χ0v) is 13.5. The van der Waals surface area contributed by atoms with E-state index in [0.29, 0.717) is 0 Å². The van der Waals surface area contributed by atoms with E-state index in [4.69, 9.17) is 9.73 Å². The number of rotatable bonds is 3. The minimum absolute atomic E-state index is 0.819. The van der Waals surface area contributed by atoms with Gasteiger partial charge in [-0.2, -0.15) is 5.10 Å². The number of hydrogen-bond acceptors (Lipinski definition) is 4. The Balaban J connectivity index is 1.69. The number of morpholine rings is 1. The maximum atomic E-state index is 5.45. The molecular formula is C18H22N4O. The van der Waals surface area contributed by atoms with Gasteiger partial charge in [0.2, 0.25) is 0 Å². The van der Waals surface area contributed by atoms with Gasteiger partial charge in [-0.15, -0.1) is 0 Å². The molecule has 1 aromatic carbocycles. The SMILES string of the molecule is Cn1ncc(CN2CCOCC2)c1C1=NCCc2ccccc21. The molecule has 0 radical (unpaired) electrons. The summed E-state index contributed by atoms with van der Waals surface area (Å²) in [5.74, 6) is 0. The fraction of sp³-hybridized carbons (Fsp3) is 0.444. The average molecular weight is 310 g/mol. The van der Waals surface area contributed by atoms with Crippen LogP contribution in [-0.4, -0.2) is 53.2 Å². The van der Waals surface area contributed by atoms with Gasteiger partial charge in [-0.1, -0.05) is 24.3 Å². The van der Waals surface area contributed by atoms with Crippen LogP contribution in [0.25, 0.3) is 0 Å². The van der Waals surface area contributed by atoms with E-state index in [2.05, 4.69) is 34.3 Å². The summed E-state index contributed by atoms with van der Waals surface area (Å²) in [4.78, 5) is 7.27. The first-order valence-electron chi connectivity index (χ1n) is 8.27. The number of nitrogens with zero attached hydrogens (tertiary/aromatic N) is 4. The highest BCUT2D eigenvalue weighted by molar-refractivity contribution is 6.14. The second-order valence-corrected chi connectivity index (χ2v) is 6.17. The van der Waals surface area contributed by atoms with E-state index < -0.39 is 0 Å². The normalized spacial score (nSPS) is 18.6. The van der Waals surface area contributed by atoms with Crippen LogP contribution < -0.4 is 0 Å². The molecule has 0 unspecified atom stereocenters. The molecule has 0 bridgehead atoms. The van der Waals surface area contributed by atoms with Crippen molar-refractivity contribution in [2.24, 2.45) is 12.0 Å². The first-order chi connectivity index (χ1) is 11.3. The van der Waals surface area contributed by atoms with Crippen LogP contribution in [0.15, 0.2) is 35.5 Å². The third kappa shape index (κ3) is 2.82. The molecule has 2 aliphatic heterocycles. The molecule has 0 atom stereocenters. The number of fused-ring (bicyclic) bond motifs is 1. The first-order valence-corrected chi connectivity index (χ1v) is 8.27. The number of ether oxygens (including phenoxy) is 1. The average Bonchev–Trinajstić information content (AvgIpc) is 2.95. The number of benzene rings is 1. The summed E-state index contributed by atoms with van der Waals surface area (Å²) >= 11 is 0. The Kier molecular flexibility index (Phi) is 3.97. The quantitative estimate of drug-likeness (QED) is 0.866. The number of hydrogen-bond donors (Lipinski definition) is 0. The number of aryl methyl sites for hydroxylation is 1. The predicted octanol–water partition coefficient (Wildman–Crippen LogP) is 1.65. The lowest BCUT2D eigenvalue weighted by Gasteiger charge is -2.27. The molecule has 2 aromatic rings. The van der Waals surface area contributed by atoms with Crippen LogP contribution in [0, 0.1) is 0 Å². The Morgan fingerprint density at radius 1 is 1.17 bits per heavy atom. The summed E-state index contributed by atoms with van der Waals surface area (Å²) < 4.78 is 7.42. The van der Waals surface area contributed by atoms with Gasteiger partial charge in [-0.3, -0.25) is 14.6 Å². The molecule has 0 N–H and O–H groups in total. The minimum Gasteiger partial charge on any atom is -0.379 e. The smallest absolute Gasteiger partial charge is 0.0909 e. The van der Waals surface area contributed by atoms with Crippen molar-refractivity contribution in [3.8, 4) is 0 Å². The van der Waals surface area contributed by atoms with Crippen LogP contribution in [0.1, 0.15) is 22.4 Å². The summed E-state index contributed by atoms with van der Waals surface area (Å²) in [6.45, 7) is 5.37. The predicted molar refractivity (Wildman–Crippen MR) is 90.0 cm³/mol. The van der Waals surface area contributed by atoms with Crippen molar-refractivity contribution in [1.82, 2.24) is 14.7 Å². The Hall–Kier alpha value is -1.98. The largest absolute Gasteiger partial charge is 0.379 e. The van der Waals surface area contributed by atoms with E-state index in [9.17, 15) is 0 Å². The van der Waals surface area contributed by atoms with Crippen LogP contribution in [0.3, 0.4) is 0 Å². The van der Waals surface area contributed by atoms with E-state index in [0.717, 1.165) is 57.2 Å². The van der Waals surface area contributed by atoms with Crippen LogP contribution >= 0.6 is 0 Å². The monoisotopic (exact) mass is 310 g/mol. The maximum absolute atomic E-state index is 5.45. The Bertz CT molecular complexity index is 728. The highest BCUT2D eigenvalue weighted by atomic mass is 16.5. The van der Waals surface area contributed by atoms with Crippen molar-refractivity contribution in [3.05, 3.63) is 52.8 Å². The second kappa shape index (κ2) is 6.26. The van der Waals surface area contributed by atoms with Gasteiger partial charge in [-0.25, -0.2) is 0 Å². The lowest BCUT2D eigenvalue weighted by molar-refractivity contribution is 0.0341. The van der Waals surface area contributed by atoms with E-state index >= 15 is 0 Å². The third-order valence-corrected chi connectivity index (χ3v) is 4.66. The fourth-order valence-corrected chi connectivity index (χ4v) is 3.45. The van der Waals surface area contributed by atoms with E-state index in [1.807, 2.05) is 17.9 Å². The molecule has 5 heteroatoms. The van der Waals surface area contributed by atoms with Gasteiger partial charge in [0.1, 0.15) is 0 Å². The third-order valence-electron chi connectivity index (χ3n) is 4.66. The van der Waals surface area contributed by atoms with Crippen molar-refractivity contribution >= 4 is 5.71 Å². The topological polar surface area (TPSA) is 42.7 Å². The zero-order chi connectivity index (χ0) is 15.6. The minimum atomic E-state index is 0.819. The van der Waals surface area contributed by atoms with Crippen molar-refractivity contribution < 1.29 is 4.74 Å². The van der Waals surface area contributed by atoms with Crippen molar-refractivity contribution in [3.63, 3.8) is 0 Å². The van der Waals surface area contributed by atoms with Crippen LogP contribution in [0.5, 0.6) is 0 Å². The first kappa shape index (κ1) is 14.6. The molecule has 0 aliphatic carbocycles. The summed E-state index contributed by atoms with van der Waals surface area (Å²) in [6, 6.07) is 8.60. The highest BCUT2D eigenvalue weighted by Crippen LogP contribution is 2.23. The molecule has 4 rings (SSSR count). The number of aromatic nitrogens is 2. The summed E-state index contributed by atoms with van der Waals surface area (Å²) in [7, 11) is 2.01. The molecule has 3 heterocycles. The van der Waals surface area contributed by atoms with Crippen molar-refractivity contribution in [1.29, 1.82) is 0 Å². The Labute approximate surface area is 136 Å². The molecule has 5 nitrogen and oxygen atoms in total. The fourth-order valence-electron chi connectivity index (χ4n) is 3.45. The lowest BCUT2D eigenvalue weighted by Crippen LogP contribution is -2.36. The van der Waals surface area contributed by atoms with E-state index in [1.165, 1.54) is 16.7 Å². The summed E-state index contributed by atoms with van der Waals surface area (Å²) in [6.07, 6.45) is 3.01. The van der Waals surface area contributed by atoms with Gasteiger partial charge < -0.3 is 4.74 Å². The maximum Gasteiger partial charge on any atom is 0.0909 e. The molecule has 1 saturated heterocycles. The van der Waals surface area contributed by atoms with E-state index in [1.54, 1.807) is 0 Å². The van der Waals surface area contributed by atoms with Gasteiger partial charge in [0.15, 0.2) is 0 Å². The van der Waals surface area contributed by atoms with Crippen LogP contribution in [0.2, 0.25) is 0 Å². The van der Waals surface area contributed by atoms with Gasteiger partial charge in [0.05, 0.1) is 30.8 Å². The van der Waals surface area contributed by atoms with E-state index in [-0.39, 0.29) is 0 Å². The Morgan fingerprint density at radius 3 is 2.87 bits per heavy atom. The van der Waals surface area contributed by atoms with Crippen LogP contribution in [-0.2, 0) is 24.8 Å². The molecule has 0 spiro atoms. The molecule has 0 amide bonds. The molecular weight excluding hydrogens is 288 g/mol.